The van der Waals surface area contributed by atoms with Crippen molar-refractivity contribution < 1.29 is 5.11 Å². The summed E-state index contributed by atoms with van der Waals surface area (Å²) in [6.45, 7) is 1.81. The summed E-state index contributed by atoms with van der Waals surface area (Å²) in [5.74, 6) is 0.629. The molecule has 0 aliphatic rings. The highest BCUT2D eigenvalue weighted by molar-refractivity contribution is 7.80. The second kappa shape index (κ2) is 5.22. The topological polar surface area (TPSA) is 72.0 Å². The molecule has 0 bridgehead atoms. The lowest BCUT2D eigenvalue weighted by Gasteiger charge is -2.05. The molecule has 1 aromatic carbocycles. The second-order valence-corrected chi connectivity index (χ2v) is 6.28. The molecule has 0 amide bonds. The Hall–Kier alpha value is -1.76. The smallest absolute Gasteiger partial charge is 0.201 e. The number of fused-ring (bicyclic) bond motifs is 1. The van der Waals surface area contributed by atoms with Crippen molar-refractivity contribution in [3.63, 3.8) is 0 Å². The molecule has 21 heavy (non-hydrogen) atoms. The minimum absolute atomic E-state index is 0.227. The molecule has 106 valence electrons. The Balaban J connectivity index is 2.36. The van der Waals surface area contributed by atoms with Gasteiger partial charge < -0.3 is 10.8 Å². The van der Waals surface area contributed by atoms with Gasteiger partial charge in [-0.2, -0.15) is 0 Å². The number of hydrogen-bond acceptors (Lipinski definition) is 5. The number of anilines is 1. The first-order valence-electron chi connectivity index (χ1n) is 6.03. The second-order valence-electron chi connectivity index (χ2n) is 4.46. The van der Waals surface area contributed by atoms with Crippen LogP contribution < -0.4 is 5.73 Å². The standard InChI is InChI=1S/C14H10ClN3OS2/c1-6-17-11(7-2-4-8(15)5-3-7)9-10(16)12(14(19)20)21-13(9)18-6/h2-5H,16H2,1H3,(H,19,20). The number of aliphatic hydroxyl groups is 1. The van der Waals surface area contributed by atoms with E-state index in [2.05, 4.69) is 9.97 Å². The van der Waals surface area contributed by atoms with Crippen LogP contribution >= 0.6 is 35.2 Å². The molecule has 0 unspecified atom stereocenters. The Labute approximate surface area is 135 Å². The van der Waals surface area contributed by atoms with Crippen LogP contribution in [0.5, 0.6) is 0 Å². The Kier molecular flexibility index (Phi) is 3.52. The molecule has 4 nitrogen and oxygen atoms in total. The molecule has 0 aliphatic heterocycles. The van der Waals surface area contributed by atoms with Gasteiger partial charge in [-0.25, -0.2) is 9.97 Å². The third-order valence-electron chi connectivity index (χ3n) is 3.01. The number of aryl methyl sites for hydroxylation is 1. The molecule has 0 saturated heterocycles. The molecule has 3 N–H and O–H groups in total. The normalized spacial score (nSPS) is 11.0. The van der Waals surface area contributed by atoms with E-state index in [1.165, 1.54) is 11.3 Å². The van der Waals surface area contributed by atoms with Gasteiger partial charge in [0.05, 0.1) is 16.8 Å². The number of hydrogen-bond donors (Lipinski definition) is 2. The van der Waals surface area contributed by atoms with Gasteiger partial charge in [-0.1, -0.05) is 23.7 Å². The summed E-state index contributed by atoms with van der Waals surface area (Å²) in [6.07, 6.45) is 0. The average molecular weight is 336 g/mol. The molecule has 3 aromatic rings. The van der Waals surface area contributed by atoms with E-state index in [9.17, 15) is 5.11 Å². The van der Waals surface area contributed by atoms with Gasteiger partial charge in [0.25, 0.3) is 0 Å². The van der Waals surface area contributed by atoms with E-state index in [1.54, 1.807) is 12.1 Å². The predicted octanol–water partition coefficient (Wildman–Crippen LogP) is 4.14. The van der Waals surface area contributed by atoms with Crippen LogP contribution in [0.25, 0.3) is 21.5 Å². The summed E-state index contributed by atoms with van der Waals surface area (Å²) in [7, 11) is 0. The maximum atomic E-state index is 9.57. The Bertz CT molecular complexity index is 859. The van der Waals surface area contributed by atoms with Crippen molar-refractivity contribution in [2.24, 2.45) is 0 Å². The molecule has 7 heteroatoms. The number of thiocarbonyl (C=S) groups is 1. The van der Waals surface area contributed by atoms with Crippen LogP contribution in [0, 0.1) is 6.92 Å². The van der Waals surface area contributed by atoms with Crippen LogP contribution in [0.1, 0.15) is 10.7 Å². The Morgan fingerprint density at radius 2 is 1.95 bits per heavy atom. The summed E-state index contributed by atoms with van der Waals surface area (Å²) >= 11 is 12.0. The van der Waals surface area contributed by atoms with Gasteiger partial charge >= 0.3 is 0 Å². The van der Waals surface area contributed by atoms with Crippen molar-refractivity contribution in [2.45, 2.75) is 6.92 Å². The van der Waals surface area contributed by atoms with Crippen LogP contribution in [-0.2, 0) is 0 Å². The Morgan fingerprint density at radius 3 is 2.57 bits per heavy atom. The lowest BCUT2D eigenvalue weighted by Crippen LogP contribution is -1.97. The molecule has 0 fully saturated rings. The number of nitrogens with two attached hydrogens (primary N) is 1. The number of thiophene rings is 1. The predicted molar refractivity (Wildman–Crippen MR) is 91.3 cm³/mol. The van der Waals surface area contributed by atoms with Crippen LogP contribution in [0.4, 0.5) is 5.69 Å². The van der Waals surface area contributed by atoms with Gasteiger partial charge in [0.15, 0.2) is 0 Å². The van der Waals surface area contributed by atoms with Gasteiger partial charge in [-0.15, -0.1) is 11.3 Å². The van der Waals surface area contributed by atoms with Crippen molar-refractivity contribution in [3.05, 3.63) is 40.0 Å². The average Bonchev–Trinajstić information content (AvgIpc) is 2.76. The van der Waals surface area contributed by atoms with E-state index in [0.29, 0.717) is 37.3 Å². The van der Waals surface area contributed by atoms with Crippen molar-refractivity contribution >= 4 is 56.1 Å². The molecule has 3 rings (SSSR count). The SMILES string of the molecule is Cc1nc(-c2ccc(Cl)cc2)c2c(N)c(C(O)=S)sc2n1. The van der Waals surface area contributed by atoms with Crippen molar-refractivity contribution in [2.75, 3.05) is 5.73 Å². The third-order valence-corrected chi connectivity index (χ3v) is 4.70. The summed E-state index contributed by atoms with van der Waals surface area (Å²) in [4.78, 5) is 10.0. The first-order valence-corrected chi connectivity index (χ1v) is 7.63. The molecule has 0 radical (unpaired) electrons. The largest absolute Gasteiger partial charge is 0.498 e. The first-order chi connectivity index (χ1) is 9.97. The minimum atomic E-state index is -0.227. The molecule has 2 aromatic heterocycles. The summed E-state index contributed by atoms with van der Waals surface area (Å²) in [5.41, 5.74) is 8.12. The Morgan fingerprint density at radius 1 is 1.29 bits per heavy atom. The molecule has 0 atom stereocenters. The molecule has 0 aliphatic carbocycles. The lowest BCUT2D eigenvalue weighted by molar-refractivity contribution is 0.573. The van der Waals surface area contributed by atoms with Crippen LogP contribution in [-0.4, -0.2) is 20.1 Å². The fourth-order valence-electron chi connectivity index (χ4n) is 2.10. The summed E-state index contributed by atoms with van der Waals surface area (Å²) < 4.78 is 0. The first kappa shape index (κ1) is 14.2. The molecular weight excluding hydrogens is 326 g/mol. The zero-order valence-electron chi connectivity index (χ0n) is 10.9. The number of aliphatic hydroxyl groups excluding tert-OH is 1. The number of benzene rings is 1. The highest BCUT2D eigenvalue weighted by atomic mass is 35.5. The fraction of sp³-hybridized carbons (Fsp3) is 0.0714. The minimum Gasteiger partial charge on any atom is -0.498 e. The van der Waals surface area contributed by atoms with E-state index >= 15 is 0 Å². The van der Waals surface area contributed by atoms with Crippen molar-refractivity contribution in [1.82, 2.24) is 9.97 Å². The zero-order chi connectivity index (χ0) is 15.1. The van der Waals surface area contributed by atoms with Gasteiger partial charge in [0.2, 0.25) is 5.05 Å². The van der Waals surface area contributed by atoms with Gasteiger partial charge in [0.1, 0.15) is 15.5 Å². The summed E-state index contributed by atoms with van der Waals surface area (Å²) in [6, 6.07) is 7.33. The summed E-state index contributed by atoms with van der Waals surface area (Å²) in [5, 5.41) is 10.7. The monoisotopic (exact) mass is 335 g/mol. The highest BCUT2D eigenvalue weighted by Crippen LogP contribution is 2.38. The maximum Gasteiger partial charge on any atom is 0.201 e. The van der Waals surface area contributed by atoms with E-state index in [0.717, 1.165) is 5.56 Å². The van der Waals surface area contributed by atoms with E-state index in [4.69, 9.17) is 29.6 Å². The zero-order valence-corrected chi connectivity index (χ0v) is 13.3. The number of nitrogens with zero attached hydrogens (tertiary/aromatic N) is 2. The maximum absolute atomic E-state index is 9.57. The number of aromatic nitrogens is 2. The molecule has 0 saturated carbocycles. The van der Waals surface area contributed by atoms with Gasteiger partial charge in [-0.05, 0) is 31.3 Å². The molecule has 0 spiro atoms. The lowest BCUT2D eigenvalue weighted by atomic mass is 10.1. The van der Waals surface area contributed by atoms with E-state index in [-0.39, 0.29) is 5.05 Å². The van der Waals surface area contributed by atoms with E-state index < -0.39 is 0 Å². The highest BCUT2D eigenvalue weighted by Gasteiger charge is 2.19. The van der Waals surface area contributed by atoms with E-state index in [1.807, 2.05) is 19.1 Å². The fourth-order valence-corrected chi connectivity index (χ4v) is 3.44. The van der Waals surface area contributed by atoms with Crippen LogP contribution in [0.15, 0.2) is 24.3 Å². The van der Waals surface area contributed by atoms with Crippen molar-refractivity contribution in [3.8, 4) is 11.3 Å². The van der Waals surface area contributed by atoms with Crippen LogP contribution in [0.2, 0.25) is 5.02 Å². The van der Waals surface area contributed by atoms with Crippen molar-refractivity contribution in [1.29, 1.82) is 0 Å². The number of halogens is 1. The van der Waals surface area contributed by atoms with Gasteiger partial charge in [0, 0.05) is 10.6 Å². The molecular formula is C14H10ClN3OS2. The van der Waals surface area contributed by atoms with Crippen LogP contribution in [0.3, 0.4) is 0 Å². The third kappa shape index (κ3) is 2.46. The number of nitrogen functional groups attached to an aromatic ring is 1. The molecule has 2 heterocycles. The van der Waals surface area contributed by atoms with Gasteiger partial charge in [-0.3, -0.25) is 0 Å². The number of rotatable bonds is 2. The quantitative estimate of drug-likeness (QED) is 0.689.